The third-order valence-electron chi connectivity index (χ3n) is 5.20. The predicted molar refractivity (Wildman–Crippen MR) is 111 cm³/mol. The molecule has 3 rings (SSSR count). The van der Waals surface area contributed by atoms with Crippen LogP contribution in [0.2, 0.25) is 0 Å². The Kier molecular flexibility index (Phi) is 6.09. The number of likely N-dealkylation sites (N-methyl/N-ethyl adjacent to an activating group) is 1. The predicted octanol–water partition coefficient (Wildman–Crippen LogP) is 1.76. The molecule has 0 bridgehead atoms. The van der Waals surface area contributed by atoms with E-state index in [-0.39, 0.29) is 28.8 Å². The van der Waals surface area contributed by atoms with E-state index in [2.05, 4.69) is 9.97 Å². The zero-order valence-electron chi connectivity index (χ0n) is 17.8. The van der Waals surface area contributed by atoms with Crippen LogP contribution in [0.5, 0.6) is 0 Å². The number of amides is 1. The van der Waals surface area contributed by atoms with Gasteiger partial charge >= 0.3 is 0 Å². The standard InChI is InChI=1S/C20H26FN5O3S/c1-13-8-15(6-7-16(13)21)30(28,29)26(5)12-18-22-17(10-19(23-18)24(2)3)14-9-20(27)25(4)11-14/h6-8,10,14H,9,11-12H2,1-5H3. The molecule has 30 heavy (non-hydrogen) atoms. The first kappa shape index (κ1) is 22.1. The van der Waals surface area contributed by atoms with Crippen LogP contribution in [0.1, 0.15) is 29.4 Å². The summed E-state index contributed by atoms with van der Waals surface area (Å²) in [4.78, 5) is 24.5. The summed E-state index contributed by atoms with van der Waals surface area (Å²) in [6, 6.07) is 5.53. The maximum absolute atomic E-state index is 13.5. The molecule has 2 aromatic rings. The highest BCUT2D eigenvalue weighted by Crippen LogP contribution is 2.28. The number of hydrogen-bond acceptors (Lipinski definition) is 6. The van der Waals surface area contributed by atoms with Crippen molar-refractivity contribution in [2.45, 2.75) is 30.7 Å². The molecular formula is C20H26FN5O3S. The topological polar surface area (TPSA) is 86.7 Å². The monoisotopic (exact) mass is 435 g/mol. The highest BCUT2D eigenvalue weighted by Gasteiger charge is 2.30. The van der Waals surface area contributed by atoms with E-state index < -0.39 is 15.8 Å². The quantitative estimate of drug-likeness (QED) is 0.687. The normalized spacial score (nSPS) is 17.1. The second-order valence-corrected chi connectivity index (χ2v) is 9.85. The first-order valence-electron chi connectivity index (χ1n) is 9.50. The summed E-state index contributed by atoms with van der Waals surface area (Å²) in [6.45, 7) is 2.03. The van der Waals surface area contributed by atoms with E-state index in [1.165, 1.54) is 26.1 Å². The number of hydrogen-bond donors (Lipinski definition) is 0. The van der Waals surface area contributed by atoms with Crippen LogP contribution >= 0.6 is 0 Å². The van der Waals surface area contributed by atoms with Crippen molar-refractivity contribution in [1.29, 1.82) is 0 Å². The van der Waals surface area contributed by atoms with Crippen LogP contribution in [-0.2, 0) is 21.4 Å². The van der Waals surface area contributed by atoms with Gasteiger partial charge in [0.2, 0.25) is 15.9 Å². The lowest BCUT2D eigenvalue weighted by Crippen LogP contribution is -2.28. The Morgan fingerprint density at radius 1 is 1.20 bits per heavy atom. The van der Waals surface area contributed by atoms with Crippen LogP contribution in [0.3, 0.4) is 0 Å². The molecule has 0 radical (unpaired) electrons. The van der Waals surface area contributed by atoms with Gasteiger partial charge < -0.3 is 9.80 Å². The van der Waals surface area contributed by atoms with Crippen LogP contribution < -0.4 is 4.90 Å². The van der Waals surface area contributed by atoms with Gasteiger partial charge in [-0.15, -0.1) is 0 Å². The minimum absolute atomic E-state index is 0.0101. The van der Waals surface area contributed by atoms with E-state index in [9.17, 15) is 17.6 Å². The van der Waals surface area contributed by atoms with Crippen LogP contribution in [0, 0.1) is 12.7 Å². The van der Waals surface area contributed by atoms with Gasteiger partial charge in [0.05, 0.1) is 17.1 Å². The second-order valence-electron chi connectivity index (χ2n) is 7.81. The van der Waals surface area contributed by atoms with E-state index in [1.54, 1.807) is 11.9 Å². The third-order valence-corrected chi connectivity index (χ3v) is 7.00. The molecule has 1 fully saturated rings. The minimum atomic E-state index is -3.85. The maximum Gasteiger partial charge on any atom is 0.243 e. The van der Waals surface area contributed by atoms with Gasteiger partial charge in [-0.2, -0.15) is 4.31 Å². The summed E-state index contributed by atoms with van der Waals surface area (Å²) in [7, 11) is 3.01. The van der Waals surface area contributed by atoms with Gasteiger partial charge in [0.25, 0.3) is 0 Å². The van der Waals surface area contributed by atoms with Gasteiger partial charge in [0.15, 0.2) is 0 Å². The number of halogens is 1. The number of anilines is 1. The SMILES string of the molecule is Cc1cc(S(=O)(=O)N(C)Cc2nc(C3CC(=O)N(C)C3)cc(N(C)C)n2)ccc1F. The van der Waals surface area contributed by atoms with Crippen molar-refractivity contribution in [2.24, 2.45) is 0 Å². The Balaban J connectivity index is 1.91. The zero-order valence-corrected chi connectivity index (χ0v) is 18.6. The Hall–Kier alpha value is -2.59. The Morgan fingerprint density at radius 2 is 1.90 bits per heavy atom. The second kappa shape index (κ2) is 8.27. The van der Waals surface area contributed by atoms with E-state index >= 15 is 0 Å². The van der Waals surface area contributed by atoms with Crippen LogP contribution in [0.4, 0.5) is 10.2 Å². The van der Waals surface area contributed by atoms with Gasteiger partial charge in [0, 0.05) is 53.1 Å². The van der Waals surface area contributed by atoms with Crippen molar-refractivity contribution in [3.05, 3.63) is 47.2 Å². The van der Waals surface area contributed by atoms with Crippen LogP contribution in [0.15, 0.2) is 29.2 Å². The fraction of sp³-hybridized carbons (Fsp3) is 0.450. The Morgan fingerprint density at radius 3 is 2.47 bits per heavy atom. The molecule has 1 aromatic heterocycles. The van der Waals surface area contributed by atoms with Gasteiger partial charge in [-0.05, 0) is 30.7 Å². The molecule has 1 saturated heterocycles. The van der Waals surface area contributed by atoms with Gasteiger partial charge in [0.1, 0.15) is 17.5 Å². The summed E-state index contributed by atoms with van der Waals surface area (Å²) in [6.07, 6.45) is 0.364. The number of carbonyl (C=O) groups excluding carboxylic acids is 1. The summed E-state index contributed by atoms with van der Waals surface area (Å²) in [5, 5.41) is 0. The highest BCUT2D eigenvalue weighted by molar-refractivity contribution is 7.89. The number of rotatable bonds is 6. The number of aryl methyl sites for hydroxylation is 1. The lowest BCUT2D eigenvalue weighted by Gasteiger charge is -2.20. The molecule has 0 N–H and O–H groups in total. The van der Waals surface area contributed by atoms with Crippen molar-refractivity contribution < 1.29 is 17.6 Å². The molecule has 0 aliphatic carbocycles. The Bertz CT molecular complexity index is 1070. The lowest BCUT2D eigenvalue weighted by molar-refractivity contribution is -0.126. The van der Waals surface area contributed by atoms with E-state index in [4.69, 9.17) is 0 Å². The maximum atomic E-state index is 13.5. The minimum Gasteiger partial charge on any atom is -0.363 e. The molecule has 0 saturated carbocycles. The van der Waals surface area contributed by atoms with Crippen molar-refractivity contribution in [2.75, 3.05) is 39.6 Å². The number of benzene rings is 1. The summed E-state index contributed by atoms with van der Waals surface area (Å²) < 4.78 is 40.5. The average molecular weight is 436 g/mol. The van der Waals surface area contributed by atoms with Crippen molar-refractivity contribution in [3.63, 3.8) is 0 Å². The molecule has 0 spiro atoms. The van der Waals surface area contributed by atoms with Crippen molar-refractivity contribution in [1.82, 2.24) is 19.2 Å². The summed E-state index contributed by atoms with van der Waals surface area (Å²) in [5.41, 5.74) is 0.970. The van der Waals surface area contributed by atoms with Crippen LogP contribution in [0.25, 0.3) is 0 Å². The number of carbonyl (C=O) groups is 1. The number of likely N-dealkylation sites (tertiary alicyclic amines) is 1. The van der Waals surface area contributed by atoms with Gasteiger partial charge in [-0.25, -0.2) is 22.8 Å². The van der Waals surface area contributed by atoms with Gasteiger partial charge in [-0.3, -0.25) is 4.79 Å². The first-order chi connectivity index (χ1) is 14.0. The molecule has 1 amide bonds. The fourth-order valence-corrected chi connectivity index (χ4v) is 4.53. The molecule has 2 heterocycles. The average Bonchev–Trinajstić information content (AvgIpc) is 3.02. The summed E-state index contributed by atoms with van der Waals surface area (Å²) >= 11 is 0. The molecule has 1 aliphatic heterocycles. The molecule has 8 nitrogen and oxygen atoms in total. The third kappa shape index (κ3) is 4.44. The number of aromatic nitrogens is 2. The smallest absolute Gasteiger partial charge is 0.243 e. The van der Waals surface area contributed by atoms with Crippen molar-refractivity contribution in [3.8, 4) is 0 Å². The van der Waals surface area contributed by atoms with Gasteiger partial charge in [-0.1, -0.05) is 0 Å². The fourth-order valence-electron chi connectivity index (χ4n) is 3.32. The number of sulfonamides is 1. The van der Waals surface area contributed by atoms with Crippen molar-refractivity contribution >= 4 is 21.7 Å². The lowest BCUT2D eigenvalue weighted by atomic mass is 10.0. The largest absolute Gasteiger partial charge is 0.363 e. The zero-order chi connectivity index (χ0) is 22.2. The number of nitrogens with zero attached hydrogens (tertiary/aromatic N) is 5. The van der Waals surface area contributed by atoms with E-state index in [0.29, 0.717) is 30.3 Å². The Labute approximate surface area is 176 Å². The molecule has 1 aliphatic rings. The first-order valence-corrected chi connectivity index (χ1v) is 10.9. The van der Waals surface area contributed by atoms with E-state index in [1.807, 2.05) is 25.1 Å². The molecular weight excluding hydrogens is 409 g/mol. The molecule has 10 heteroatoms. The molecule has 1 unspecified atom stereocenters. The van der Waals surface area contributed by atoms with Crippen LogP contribution in [-0.4, -0.2) is 68.2 Å². The molecule has 1 atom stereocenters. The summed E-state index contributed by atoms with van der Waals surface area (Å²) in [5.74, 6) is 0.505. The molecule has 162 valence electrons. The molecule has 1 aromatic carbocycles. The van der Waals surface area contributed by atoms with E-state index in [0.717, 1.165) is 10.4 Å². The highest BCUT2D eigenvalue weighted by atomic mass is 32.2.